The van der Waals surface area contributed by atoms with Crippen LogP contribution in [0.3, 0.4) is 0 Å². The second-order valence-corrected chi connectivity index (χ2v) is 5.25. The molecule has 0 saturated carbocycles. The summed E-state index contributed by atoms with van der Waals surface area (Å²) in [7, 11) is 0. The third kappa shape index (κ3) is 4.03. The predicted molar refractivity (Wildman–Crippen MR) is 91.2 cm³/mol. The first-order valence-corrected chi connectivity index (χ1v) is 7.40. The second kappa shape index (κ2) is 7.67. The average molecular weight is 312 g/mol. The zero-order valence-electron chi connectivity index (χ0n) is 12.9. The molecule has 0 aliphatic rings. The Kier molecular flexibility index (Phi) is 5.62. The Labute approximate surface area is 134 Å². The van der Waals surface area contributed by atoms with Crippen LogP contribution in [0.4, 0.5) is 0 Å². The zero-order valence-corrected chi connectivity index (χ0v) is 12.9. The van der Waals surface area contributed by atoms with Crippen LogP contribution in [-0.4, -0.2) is 33.8 Å². The lowest BCUT2D eigenvalue weighted by molar-refractivity contribution is 0.100. The van der Waals surface area contributed by atoms with E-state index in [2.05, 4.69) is 4.98 Å². The molecule has 5 heteroatoms. The van der Waals surface area contributed by atoms with Gasteiger partial charge in [-0.3, -0.25) is 4.79 Å². The number of benzene rings is 2. The zero-order chi connectivity index (χ0) is 16.8. The molecule has 1 heterocycles. The minimum Gasteiger partial charge on any atom is -0.396 e. The van der Waals surface area contributed by atoms with E-state index in [0.29, 0.717) is 12.0 Å². The number of aliphatic hydroxyl groups is 2. The molecule has 0 fully saturated rings. The lowest BCUT2D eigenvalue weighted by Crippen LogP contribution is -2.12. The van der Waals surface area contributed by atoms with Crippen molar-refractivity contribution in [2.24, 2.45) is 5.73 Å². The number of carbonyl (C=O) groups is 1. The Hall–Kier alpha value is -2.50. The first kappa shape index (κ1) is 16.9. The Morgan fingerprint density at radius 2 is 1.57 bits per heavy atom. The molecule has 0 saturated heterocycles. The molecule has 23 heavy (non-hydrogen) atoms. The molecule has 0 bridgehead atoms. The van der Waals surface area contributed by atoms with Crippen molar-refractivity contribution in [1.29, 1.82) is 0 Å². The molecule has 5 nitrogen and oxygen atoms in total. The molecule has 0 spiro atoms. The number of aliphatic hydroxyl groups excluding tert-OH is 2. The molecule has 0 aliphatic heterocycles. The number of nitrogens with zero attached hydrogens (tertiary/aromatic N) is 1. The van der Waals surface area contributed by atoms with Gasteiger partial charge in [0.2, 0.25) is 5.91 Å². The summed E-state index contributed by atoms with van der Waals surface area (Å²) in [5.74, 6) is -0.417. The molecule has 3 aromatic rings. The van der Waals surface area contributed by atoms with Crippen LogP contribution < -0.4 is 5.73 Å². The maximum absolute atomic E-state index is 11.6. The SMILES string of the molecule is CC(O)CCO.NC(=O)c1c2ccccc2nc2ccccc12. The predicted octanol–water partition coefficient (Wildman–Crippen LogP) is 2.24. The Morgan fingerprint density at radius 1 is 1.09 bits per heavy atom. The van der Waals surface area contributed by atoms with Crippen molar-refractivity contribution in [3.05, 3.63) is 54.1 Å². The summed E-state index contributed by atoms with van der Waals surface area (Å²) in [5.41, 5.74) is 7.61. The Morgan fingerprint density at radius 3 is 1.91 bits per heavy atom. The van der Waals surface area contributed by atoms with E-state index in [1.807, 2.05) is 48.5 Å². The highest BCUT2D eigenvalue weighted by Crippen LogP contribution is 2.25. The molecule has 3 rings (SSSR count). The Balaban J connectivity index is 0.000000277. The fourth-order valence-corrected chi connectivity index (χ4v) is 2.29. The number of carbonyl (C=O) groups excluding carboxylic acids is 1. The van der Waals surface area contributed by atoms with Crippen molar-refractivity contribution in [3.8, 4) is 0 Å². The van der Waals surface area contributed by atoms with E-state index in [9.17, 15) is 4.79 Å². The lowest BCUT2D eigenvalue weighted by Gasteiger charge is -2.07. The van der Waals surface area contributed by atoms with Crippen molar-refractivity contribution < 1.29 is 15.0 Å². The summed E-state index contributed by atoms with van der Waals surface area (Å²) < 4.78 is 0. The van der Waals surface area contributed by atoms with Gasteiger partial charge in [0.15, 0.2) is 0 Å². The molecule has 0 radical (unpaired) electrons. The van der Waals surface area contributed by atoms with E-state index in [4.69, 9.17) is 15.9 Å². The number of hydrogen-bond donors (Lipinski definition) is 3. The summed E-state index contributed by atoms with van der Waals surface area (Å²) in [6.07, 6.45) is 0.134. The number of pyridine rings is 1. The molecule has 1 amide bonds. The molecule has 4 N–H and O–H groups in total. The van der Waals surface area contributed by atoms with Gasteiger partial charge in [-0.2, -0.15) is 0 Å². The van der Waals surface area contributed by atoms with Crippen LogP contribution in [0.1, 0.15) is 23.7 Å². The van der Waals surface area contributed by atoms with Gasteiger partial charge in [-0.1, -0.05) is 36.4 Å². The molecule has 0 aliphatic carbocycles. The number of rotatable bonds is 3. The van der Waals surface area contributed by atoms with Crippen LogP contribution in [0.25, 0.3) is 21.8 Å². The van der Waals surface area contributed by atoms with Gasteiger partial charge in [0, 0.05) is 17.4 Å². The van der Waals surface area contributed by atoms with Gasteiger partial charge >= 0.3 is 0 Å². The van der Waals surface area contributed by atoms with Gasteiger partial charge in [0.05, 0.1) is 22.7 Å². The van der Waals surface area contributed by atoms with E-state index in [-0.39, 0.29) is 12.7 Å². The summed E-state index contributed by atoms with van der Waals surface area (Å²) in [5, 5.41) is 18.1. The monoisotopic (exact) mass is 312 g/mol. The van der Waals surface area contributed by atoms with Crippen LogP contribution in [0.2, 0.25) is 0 Å². The lowest BCUT2D eigenvalue weighted by atomic mass is 10.0. The van der Waals surface area contributed by atoms with Gasteiger partial charge in [0.25, 0.3) is 0 Å². The molecule has 1 atom stereocenters. The minimum absolute atomic E-state index is 0.0810. The Bertz CT molecular complexity index is 762. The maximum atomic E-state index is 11.6. The molecular weight excluding hydrogens is 292 g/mol. The van der Waals surface area contributed by atoms with E-state index in [1.54, 1.807) is 6.92 Å². The molecule has 120 valence electrons. The number of hydrogen-bond acceptors (Lipinski definition) is 4. The van der Waals surface area contributed by atoms with Crippen LogP contribution in [0, 0.1) is 0 Å². The van der Waals surface area contributed by atoms with Crippen LogP contribution in [-0.2, 0) is 0 Å². The first-order valence-electron chi connectivity index (χ1n) is 7.40. The summed E-state index contributed by atoms with van der Waals surface area (Å²) >= 11 is 0. The highest BCUT2D eigenvalue weighted by molar-refractivity contribution is 6.15. The molecule has 2 aromatic carbocycles. The fraction of sp³-hybridized carbons (Fsp3) is 0.222. The van der Waals surface area contributed by atoms with Crippen molar-refractivity contribution in [3.63, 3.8) is 0 Å². The topological polar surface area (TPSA) is 96.4 Å². The van der Waals surface area contributed by atoms with Crippen LogP contribution in [0.5, 0.6) is 0 Å². The van der Waals surface area contributed by atoms with E-state index in [1.165, 1.54) is 0 Å². The smallest absolute Gasteiger partial charge is 0.250 e. The second-order valence-electron chi connectivity index (χ2n) is 5.25. The first-order chi connectivity index (χ1) is 11.0. The molecule has 1 aromatic heterocycles. The van der Waals surface area contributed by atoms with E-state index < -0.39 is 5.91 Å². The summed E-state index contributed by atoms with van der Waals surface area (Å²) in [4.78, 5) is 16.1. The highest BCUT2D eigenvalue weighted by atomic mass is 16.3. The van der Waals surface area contributed by atoms with Gasteiger partial charge < -0.3 is 15.9 Å². The molecular formula is C18H20N2O3. The fourth-order valence-electron chi connectivity index (χ4n) is 2.29. The van der Waals surface area contributed by atoms with Crippen molar-refractivity contribution >= 4 is 27.7 Å². The van der Waals surface area contributed by atoms with Crippen molar-refractivity contribution in [1.82, 2.24) is 4.98 Å². The standard InChI is InChI=1S/C14H10N2O.C4H10O2/c15-14(17)13-9-5-1-3-7-11(9)16-12-8-4-2-6-10(12)13;1-4(6)2-3-5/h1-8H,(H2,15,17);4-6H,2-3H2,1H3. The van der Waals surface area contributed by atoms with E-state index >= 15 is 0 Å². The van der Waals surface area contributed by atoms with Gasteiger partial charge in [0.1, 0.15) is 0 Å². The van der Waals surface area contributed by atoms with Gasteiger partial charge in [-0.25, -0.2) is 4.98 Å². The quantitative estimate of drug-likeness (QED) is 0.646. The number of nitrogens with two attached hydrogens (primary N) is 1. The van der Waals surface area contributed by atoms with Crippen LogP contribution >= 0.6 is 0 Å². The number of primary amides is 1. The summed E-state index contributed by atoms with van der Waals surface area (Å²) in [6.45, 7) is 1.73. The number of amides is 1. The van der Waals surface area contributed by atoms with Gasteiger partial charge in [-0.15, -0.1) is 0 Å². The maximum Gasteiger partial charge on any atom is 0.250 e. The summed E-state index contributed by atoms with van der Waals surface area (Å²) in [6, 6.07) is 15.1. The van der Waals surface area contributed by atoms with Crippen LogP contribution in [0.15, 0.2) is 48.5 Å². The number of para-hydroxylation sites is 2. The number of fused-ring (bicyclic) bond motifs is 2. The molecule has 1 unspecified atom stereocenters. The van der Waals surface area contributed by atoms with Crippen molar-refractivity contribution in [2.45, 2.75) is 19.4 Å². The minimum atomic E-state index is -0.417. The third-order valence-corrected chi connectivity index (χ3v) is 3.38. The van der Waals surface area contributed by atoms with E-state index in [0.717, 1.165) is 21.8 Å². The third-order valence-electron chi connectivity index (χ3n) is 3.38. The highest BCUT2D eigenvalue weighted by Gasteiger charge is 2.12. The van der Waals surface area contributed by atoms with Gasteiger partial charge in [-0.05, 0) is 25.5 Å². The number of aromatic nitrogens is 1. The van der Waals surface area contributed by atoms with Crippen molar-refractivity contribution in [2.75, 3.05) is 6.61 Å². The normalized spacial score (nSPS) is 11.8. The largest absolute Gasteiger partial charge is 0.396 e. The average Bonchev–Trinajstić information content (AvgIpc) is 2.52.